The quantitative estimate of drug-likeness (QED) is 0.750. The summed E-state index contributed by atoms with van der Waals surface area (Å²) in [6.45, 7) is 2.06. The fraction of sp³-hybridized carbons (Fsp3) is 0.273. The van der Waals surface area contributed by atoms with Gasteiger partial charge in [-0.25, -0.2) is 0 Å². The first kappa shape index (κ1) is 10.2. The Balaban J connectivity index is 2.14. The molecule has 0 N–H and O–H groups in total. The summed E-state index contributed by atoms with van der Waals surface area (Å²) < 4.78 is 5.32. The van der Waals surface area contributed by atoms with E-state index in [2.05, 4.69) is 29.3 Å². The van der Waals surface area contributed by atoms with Gasteiger partial charge in [0.1, 0.15) is 5.88 Å². The first-order chi connectivity index (χ1) is 7.28. The third-order valence-corrected chi connectivity index (χ3v) is 2.29. The summed E-state index contributed by atoms with van der Waals surface area (Å²) in [5.41, 5.74) is 2.39. The first-order valence-electron chi connectivity index (χ1n) is 4.70. The van der Waals surface area contributed by atoms with E-state index in [4.69, 9.17) is 16.0 Å². The van der Waals surface area contributed by atoms with Crippen LogP contribution >= 0.6 is 11.6 Å². The molecular weight excluding hydrogens is 212 g/mol. The fourth-order valence-electron chi connectivity index (χ4n) is 1.41. The highest BCUT2D eigenvalue weighted by molar-refractivity contribution is 6.16. The van der Waals surface area contributed by atoms with E-state index < -0.39 is 0 Å². The molecule has 0 spiro atoms. The molecule has 0 unspecified atom stereocenters. The molecule has 3 nitrogen and oxygen atoms in total. The number of aromatic nitrogens is 2. The van der Waals surface area contributed by atoms with Crippen LogP contribution in [-0.4, -0.2) is 10.2 Å². The van der Waals surface area contributed by atoms with Crippen LogP contribution in [0.25, 0.3) is 0 Å². The van der Waals surface area contributed by atoms with Crippen molar-refractivity contribution in [3.05, 3.63) is 47.2 Å². The molecule has 0 atom stereocenters. The number of nitrogens with zero attached hydrogens (tertiary/aromatic N) is 2. The van der Waals surface area contributed by atoms with Crippen LogP contribution < -0.4 is 0 Å². The van der Waals surface area contributed by atoms with E-state index in [0.717, 1.165) is 0 Å². The first-order valence-corrected chi connectivity index (χ1v) is 5.24. The molecule has 1 heterocycles. The number of hydrogen-bond acceptors (Lipinski definition) is 3. The summed E-state index contributed by atoms with van der Waals surface area (Å²) >= 11 is 5.57. The number of halogens is 1. The Morgan fingerprint density at radius 1 is 1.27 bits per heavy atom. The molecule has 2 rings (SSSR count). The zero-order chi connectivity index (χ0) is 10.7. The van der Waals surface area contributed by atoms with Gasteiger partial charge in [0.05, 0.1) is 6.42 Å². The maximum Gasteiger partial charge on any atom is 0.231 e. The Hall–Kier alpha value is -1.35. The van der Waals surface area contributed by atoms with Crippen molar-refractivity contribution in [3.63, 3.8) is 0 Å². The maximum absolute atomic E-state index is 5.57. The highest BCUT2D eigenvalue weighted by Gasteiger charge is 2.05. The predicted molar refractivity (Wildman–Crippen MR) is 57.8 cm³/mol. The monoisotopic (exact) mass is 222 g/mol. The van der Waals surface area contributed by atoms with Crippen LogP contribution in [0.3, 0.4) is 0 Å². The van der Waals surface area contributed by atoms with Gasteiger partial charge >= 0.3 is 0 Å². The van der Waals surface area contributed by atoms with Crippen LogP contribution in [0.4, 0.5) is 0 Å². The highest BCUT2D eigenvalue weighted by Crippen LogP contribution is 2.11. The average molecular weight is 223 g/mol. The molecule has 0 aliphatic heterocycles. The third kappa shape index (κ3) is 2.57. The van der Waals surface area contributed by atoms with Crippen LogP contribution in [0.1, 0.15) is 22.9 Å². The van der Waals surface area contributed by atoms with Crippen LogP contribution in [0.2, 0.25) is 0 Å². The topological polar surface area (TPSA) is 38.9 Å². The van der Waals surface area contributed by atoms with Gasteiger partial charge in [-0.3, -0.25) is 0 Å². The number of benzene rings is 1. The molecule has 0 radical (unpaired) electrons. The molecule has 78 valence electrons. The molecule has 0 bridgehead atoms. The van der Waals surface area contributed by atoms with Crippen molar-refractivity contribution < 1.29 is 4.42 Å². The van der Waals surface area contributed by atoms with Gasteiger partial charge in [-0.2, -0.15) is 0 Å². The Bertz CT molecular complexity index is 453. The molecule has 0 aliphatic rings. The molecule has 2 aromatic rings. The molecule has 1 aromatic heterocycles. The zero-order valence-electron chi connectivity index (χ0n) is 8.40. The van der Waals surface area contributed by atoms with Gasteiger partial charge in [0.25, 0.3) is 0 Å². The standard InChI is InChI=1S/C11H11ClN2O/c1-8-3-2-4-9(5-8)6-10-13-14-11(7-12)15-10/h2-5H,6-7H2,1H3. The van der Waals surface area contributed by atoms with Crippen LogP contribution in [0.15, 0.2) is 28.7 Å². The normalized spacial score (nSPS) is 10.5. The molecule has 15 heavy (non-hydrogen) atoms. The molecule has 0 amide bonds. The minimum atomic E-state index is 0.265. The van der Waals surface area contributed by atoms with E-state index >= 15 is 0 Å². The molecule has 4 heteroatoms. The second kappa shape index (κ2) is 4.45. The third-order valence-electron chi connectivity index (χ3n) is 2.06. The molecule has 0 saturated heterocycles. The molecular formula is C11H11ClN2O. The van der Waals surface area contributed by atoms with E-state index in [-0.39, 0.29) is 5.88 Å². The van der Waals surface area contributed by atoms with Gasteiger partial charge in [0.2, 0.25) is 11.8 Å². The number of rotatable bonds is 3. The molecule has 0 saturated carbocycles. The SMILES string of the molecule is Cc1cccc(Cc2nnc(CCl)o2)c1. The summed E-state index contributed by atoms with van der Waals surface area (Å²) in [6, 6.07) is 8.22. The summed E-state index contributed by atoms with van der Waals surface area (Å²) in [5.74, 6) is 1.34. The zero-order valence-corrected chi connectivity index (χ0v) is 9.16. The number of hydrogen-bond donors (Lipinski definition) is 0. The highest BCUT2D eigenvalue weighted by atomic mass is 35.5. The van der Waals surface area contributed by atoms with Crippen molar-refractivity contribution in [1.82, 2.24) is 10.2 Å². The van der Waals surface area contributed by atoms with Crippen molar-refractivity contribution in [3.8, 4) is 0 Å². The van der Waals surface area contributed by atoms with Crippen LogP contribution in [-0.2, 0) is 12.3 Å². The van der Waals surface area contributed by atoms with Crippen molar-refractivity contribution in [1.29, 1.82) is 0 Å². The Morgan fingerprint density at radius 3 is 2.73 bits per heavy atom. The second-order valence-electron chi connectivity index (χ2n) is 3.39. The average Bonchev–Trinajstić information content (AvgIpc) is 2.65. The summed E-state index contributed by atoms with van der Waals surface area (Å²) in [7, 11) is 0. The summed E-state index contributed by atoms with van der Waals surface area (Å²) in [4.78, 5) is 0. The lowest BCUT2D eigenvalue weighted by Gasteiger charge is -1.97. The summed E-state index contributed by atoms with van der Waals surface area (Å²) in [6.07, 6.45) is 0.658. The maximum atomic E-state index is 5.57. The molecule has 0 aliphatic carbocycles. The Morgan fingerprint density at radius 2 is 2.07 bits per heavy atom. The second-order valence-corrected chi connectivity index (χ2v) is 3.66. The van der Waals surface area contributed by atoms with E-state index in [0.29, 0.717) is 18.2 Å². The Kier molecular flexibility index (Phi) is 3.02. The van der Waals surface area contributed by atoms with E-state index in [1.165, 1.54) is 11.1 Å². The van der Waals surface area contributed by atoms with Crippen LogP contribution in [0.5, 0.6) is 0 Å². The Labute approximate surface area is 93.1 Å². The van der Waals surface area contributed by atoms with Crippen LogP contribution in [0, 0.1) is 6.92 Å². The number of aryl methyl sites for hydroxylation is 1. The van der Waals surface area contributed by atoms with Gasteiger partial charge < -0.3 is 4.42 Å². The van der Waals surface area contributed by atoms with E-state index in [1.807, 2.05) is 12.1 Å². The van der Waals surface area contributed by atoms with Gasteiger partial charge in [-0.1, -0.05) is 29.8 Å². The van der Waals surface area contributed by atoms with Gasteiger partial charge in [0.15, 0.2) is 0 Å². The fourth-order valence-corrected chi connectivity index (χ4v) is 1.52. The lowest BCUT2D eigenvalue weighted by Crippen LogP contribution is -1.88. The smallest absolute Gasteiger partial charge is 0.231 e. The largest absolute Gasteiger partial charge is 0.424 e. The van der Waals surface area contributed by atoms with Crippen molar-refractivity contribution in [2.24, 2.45) is 0 Å². The lowest BCUT2D eigenvalue weighted by molar-refractivity contribution is 0.473. The lowest BCUT2D eigenvalue weighted by atomic mass is 10.1. The van der Waals surface area contributed by atoms with Crippen molar-refractivity contribution in [2.75, 3.05) is 0 Å². The minimum absolute atomic E-state index is 0.265. The van der Waals surface area contributed by atoms with Gasteiger partial charge in [-0.05, 0) is 12.5 Å². The van der Waals surface area contributed by atoms with Crippen molar-refractivity contribution in [2.45, 2.75) is 19.2 Å². The number of alkyl halides is 1. The minimum Gasteiger partial charge on any atom is -0.424 e. The molecule has 1 aromatic carbocycles. The molecule has 0 fully saturated rings. The predicted octanol–water partition coefficient (Wildman–Crippen LogP) is 2.71. The van der Waals surface area contributed by atoms with E-state index in [9.17, 15) is 0 Å². The van der Waals surface area contributed by atoms with Gasteiger partial charge in [-0.15, -0.1) is 21.8 Å². The van der Waals surface area contributed by atoms with Crippen molar-refractivity contribution >= 4 is 11.6 Å². The van der Waals surface area contributed by atoms with Gasteiger partial charge in [0, 0.05) is 0 Å². The van der Waals surface area contributed by atoms with E-state index in [1.54, 1.807) is 0 Å². The summed E-state index contributed by atoms with van der Waals surface area (Å²) in [5, 5.41) is 7.72.